The van der Waals surface area contributed by atoms with Gasteiger partial charge in [0.2, 0.25) is 0 Å². The first-order valence-corrected chi connectivity index (χ1v) is 4.92. The number of hydrogen-bond donors (Lipinski definition) is 1. The number of carbonyl (C=O) groups is 1. The highest BCUT2D eigenvalue weighted by atomic mass is 19.3. The zero-order valence-electron chi connectivity index (χ0n) is 8.94. The molecule has 1 rings (SSSR count). The third-order valence-corrected chi connectivity index (χ3v) is 1.85. The Morgan fingerprint density at radius 3 is 2.65 bits per heavy atom. The molecule has 0 saturated carbocycles. The number of carboxylic acid groups (broad SMARTS) is 1. The lowest BCUT2D eigenvalue weighted by Gasteiger charge is -2.09. The van der Waals surface area contributed by atoms with E-state index in [1.807, 2.05) is 0 Å². The Bertz CT molecular complexity index is 368. The number of benzene rings is 1. The van der Waals surface area contributed by atoms with Gasteiger partial charge >= 0.3 is 5.97 Å². The van der Waals surface area contributed by atoms with Crippen LogP contribution in [-0.2, 0) is 4.74 Å². The Balaban J connectivity index is 2.39. The first-order valence-electron chi connectivity index (χ1n) is 4.92. The van der Waals surface area contributed by atoms with Gasteiger partial charge in [0.1, 0.15) is 24.5 Å². The summed E-state index contributed by atoms with van der Waals surface area (Å²) < 4.78 is 33.1. The van der Waals surface area contributed by atoms with Crippen LogP contribution in [0.2, 0.25) is 0 Å². The predicted molar refractivity (Wildman–Crippen MR) is 55.7 cm³/mol. The fourth-order valence-electron chi connectivity index (χ4n) is 1.15. The van der Waals surface area contributed by atoms with Gasteiger partial charge in [-0.25, -0.2) is 13.6 Å². The third-order valence-electron chi connectivity index (χ3n) is 1.85. The minimum atomic E-state index is -2.51. The molecule has 0 amide bonds. The lowest BCUT2D eigenvalue weighted by Crippen LogP contribution is -2.12. The number of ether oxygens (including phenoxy) is 2. The number of rotatable bonds is 7. The van der Waals surface area contributed by atoms with Crippen LogP contribution in [0.5, 0.6) is 5.75 Å². The molecule has 1 N–H and O–H groups in total. The Kier molecular flexibility index (Phi) is 5.35. The molecule has 0 bridgehead atoms. The molecule has 4 nitrogen and oxygen atoms in total. The maximum atomic E-state index is 11.7. The van der Waals surface area contributed by atoms with Gasteiger partial charge in [0, 0.05) is 0 Å². The minimum Gasteiger partial charge on any atom is -0.490 e. The Morgan fingerprint density at radius 1 is 1.29 bits per heavy atom. The molecule has 1 aromatic carbocycles. The van der Waals surface area contributed by atoms with Crippen molar-refractivity contribution in [2.45, 2.75) is 6.43 Å². The second-order valence-electron chi connectivity index (χ2n) is 3.12. The van der Waals surface area contributed by atoms with Crippen LogP contribution in [0.1, 0.15) is 10.4 Å². The van der Waals surface area contributed by atoms with E-state index in [1.54, 1.807) is 12.1 Å². The molecule has 6 heteroatoms. The average Bonchev–Trinajstić information content (AvgIpc) is 2.28. The van der Waals surface area contributed by atoms with Gasteiger partial charge in [0.25, 0.3) is 6.43 Å². The number of carboxylic acids is 1. The molecular formula is C11H12F2O4. The van der Waals surface area contributed by atoms with Crippen molar-refractivity contribution < 1.29 is 28.2 Å². The monoisotopic (exact) mass is 246 g/mol. The number of hydrogen-bond acceptors (Lipinski definition) is 3. The van der Waals surface area contributed by atoms with Gasteiger partial charge in [-0.15, -0.1) is 0 Å². The number of alkyl halides is 2. The van der Waals surface area contributed by atoms with E-state index >= 15 is 0 Å². The second kappa shape index (κ2) is 6.80. The molecule has 0 spiro atoms. The van der Waals surface area contributed by atoms with E-state index in [2.05, 4.69) is 4.74 Å². The SMILES string of the molecule is O=C(O)c1ccccc1OCCOCC(F)F. The fraction of sp³-hybridized carbons (Fsp3) is 0.364. The summed E-state index contributed by atoms with van der Waals surface area (Å²) >= 11 is 0. The van der Waals surface area contributed by atoms with Gasteiger partial charge in [0.05, 0.1) is 6.61 Å². The summed E-state index contributed by atoms with van der Waals surface area (Å²) in [5.74, 6) is -0.908. The maximum Gasteiger partial charge on any atom is 0.339 e. The van der Waals surface area contributed by atoms with Crippen molar-refractivity contribution in [1.29, 1.82) is 0 Å². The van der Waals surface area contributed by atoms with Gasteiger partial charge < -0.3 is 14.6 Å². The molecule has 0 saturated heterocycles. The van der Waals surface area contributed by atoms with Gasteiger partial charge in [-0.1, -0.05) is 12.1 Å². The largest absolute Gasteiger partial charge is 0.490 e. The molecule has 17 heavy (non-hydrogen) atoms. The summed E-state index contributed by atoms with van der Waals surface area (Å²) in [6.07, 6.45) is -2.51. The zero-order chi connectivity index (χ0) is 12.7. The third kappa shape index (κ3) is 4.78. The van der Waals surface area contributed by atoms with Crippen LogP contribution in [0.4, 0.5) is 8.78 Å². The van der Waals surface area contributed by atoms with Gasteiger partial charge in [-0.2, -0.15) is 0 Å². The summed E-state index contributed by atoms with van der Waals surface area (Å²) in [4.78, 5) is 10.8. The van der Waals surface area contributed by atoms with Crippen molar-refractivity contribution in [1.82, 2.24) is 0 Å². The molecule has 0 radical (unpaired) electrons. The van der Waals surface area contributed by atoms with Crippen LogP contribution in [0.3, 0.4) is 0 Å². The maximum absolute atomic E-state index is 11.7. The van der Waals surface area contributed by atoms with Gasteiger partial charge in [-0.05, 0) is 12.1 Å². The van der Waals surface area contributed by atoms with E-state index in [0.717, 1.165) is 0 Å². The molecule has 0 aliphatic heterocycles. The first-order chi connectivity index (χ1) is 8.11. The van der Waals surface area contributed by atoms with Gasteiger partial charge in [-0.3, -0.25) is 0 Å². The van der Waals surface area contributed by atoms with E-state index in [4.69, 9.17) is 9.84 Å². The van der Waals surface area contributed by atoms with E-state index in [-0.39, 0.29) is 24.5 Å². The molecule has 1 aromatic rings. The lowest BCUT2D eigenvalue weighted by molar-refractivity contribution is 0.00752. The summed E-state index contributed by atoms with van der Waals surface area (Å²) in [7, 11) is 0. The zero-order valence-corrected chi connectivity index (χ0v) is 8.94. The first kappa shape index (κ1) is 13.4. The van der Waals surface area contributed by atoms with Crippen molar-refractivity contribution in [3.05, 3.63) is 29.8 Å². The highest BCUT2D eigenvalue weighted by Gasteiger charge is 2.09. The smallest absolute Gasteiger partial charge is 0.339 e. The number of aromatic carboxylic acids is 1. The number of para-hydroxylation sites is 1. The molecular weight excluding hydrogens is 234 g/mol. The topological polar surface area (TPSA) is 55.8 Å². The van der Waals surface area contributed by atoms with E-state index in [1.165, 1.54) is 12.1 Å². The Labute approximate surface area is 96.8 Å². The Hall–Kier alpha value is -1.69. The summed E-state index contributed by atoms with van der Waals surface area (Å²) in [5.41, 5.74) is 0.0290. The predicted octanol–water partition coefficient (Wildman–Crippen LogP) is 2.05. The van der Waals surface area contributed by atoms with Crippen LogP contribution in [-0.4, -0.2) is 37.3 Å². The Morgan fingerprint density at radius 2 is 2.00 bits per heavy atom. The van der Waals surface area contributed by atoms with Crippen LogP contribution in [0.25, 0.3) is 0 Å². The van der Waals surface area contributed by atoms with Crippen LogP contribution >= 0.6 is 0 Å². The molecule has 0 unspecified atom stereocenters. The molecule has 0 aliphatic rings. The number of halogens is 2. The highest BCUT2D eigenvalue weighted by molar-refractivity contribution is 5.90. The van der Waals surface area contributed by atoms with Crippen molar-refractivity contribution >= 4 is 5.97 Å². The van der Waals surface area contributed by atoms with Crippen molar-refractivity contribution in [3.8, 4) is 5.75 Å². The molecule has 0 fully saturated rings. The fourth-order valence-corrected chi connectivity index (χ4v) is 1.15. The summed E-state index contributed by atoms with van der Waals surface area (Å²) in [6.45, 7) is -0.640. The summed E-state index contributed by atoms with van der Waals surface area (Å²) in [5, 5.41) is 8.83. The average molecular weight is 246 g/mol. The van der Waals surface area contributed by atoms with Crippen LogP contribution in [0, 0.1) is 0 Å². The normalized spacial score (nSPS) is 10.5. The van der Waals surface area contributed by atoms with Crippen molar-refractivity contribution in [3.63, 3.8) is 0 Å². The molecule has 0 atom stereocenters. The standard InChI is InChI=1S/C11H12F2O4/c12-10(13)7-16-5-6-17-9-4-2-1-3-8(9)11(14)15/h1-4,10H,5-7H2,(H,14,15). The molecule has 0 heterocycles. The van der Waals surface area contributed by atoms with E-state index in [9.17, 15) is 13.6 Å². The molecule has 0 aliphatic carbocycles. The minimum absolute atomic E-state index is 0.0156. The van der Waals surface area contributed by atoms with Crippen molar-refractivity contribution in [2.24, 2.45) is 0 Å². The van der Waals surface area contributed by atoms with Gasteiger partial charge in [0.15, 0.2) is 0 Å². The second-order valence-corrected chi connectivity index (χ2v) is 3.12. The quantitative estimate of drug-likeness (QED) is 0.748. The van der Waals surface area contributed by atoms with Crippen LogP contribution < -0.4 is 4.74 Å². The van der Waals surface area contributed by atoms with Crippen LogP contribution in [0.15, 0.2) is 24.3 Å². The highest BCUT2D eigenvalue weighted by Crippen LogP contribution is 2.17. The molecule has 94 valence electrons. The van der Waals surface area contributed by atoms with E-state index in [0.29, 0.717) is 0 Å². The molecule has 0 aromatic heterocycles. The summed E-state index contributed by atoms with van der Waals surface area (Å²) in [6, 6.07) is 6.10. The van der Waals surface area contributed by atoms with E-state index < -0.39 is 19.0 Å². The lowest BCUT2D eigenvalue weighted by atomic mass is 10.2. The van der Waals surface area contributed by atoms with Crippen molar-refractivity contribution in [2.75, 3.05) is 19.8 Å².